The minimum atomic E-state index is -0.806. The van der Waals surface area contributed by atoms with Gasteiger partial charge in [-0.15, -0.1) is 0 Å². The van der Waals surface area contributed by atoms with E-state index in [-0.39, 0.29) is 17.9 Å². The summed E-state index contributed by atoms with van der Waals surface area (Å²) in [7, 11) is 0. The number of ether oxygens (including phenoxy) is 1. The summed E-state index contributed by atoms with van der Waals surface area (Å²) in [6, 6.07) is 0. The molecule has 0 amide bonds. The zero-order chi connectivity index (χ0) is 25.7. The Labute approximate surface area is 219 Å². The molecule has 3 aliphatic rings. The Morgan fingerprint density at radius 2 is 2.08 bits per heavy atom. The van der Waals surface area contributed by atoms with Crippen molar-refractivity contribution < 1.29 is 19.5 Å². The number of rotatable bonds is 11. The number of aromatic nitrogens is 1. The third kappa shape index (κ3) is 6.23. The molecule has 0 saturated carbocycles. The van der Waals surface area contributed by atoms with E-state index in [0.717, 1.165) is 56.6 Å². The van der Waals surface area contributed by atoms with Gasteiger partial charge in [-0.1, -0.05) is 61.5 Å². The number of nitrogens with zero attached hydrogens (tertiary/aromatic N) is 2. The number of hydrogen-bond donors (Lipinski definition) is 2. The van der Waals surface area contributed by atoms with Gasteiger partial charge in [-0.2, -0.15) is 0 Å². The minimum absolute atomic E-state index is 0.0502. The standard InChI is InChI=1S/C29H39ClN2O4/c1-4-16-32-17-23(18-32)35-22(5-2)15-10-19(3)28(34)26-27(24-8-6-7-9-25(24)30)31-36-29(26)20-11-13-21(33)14-12-20/h5,8-9,11,13,15,19-21,23,28,33-34H,2,4,6-7,10,12,14,16-18H2,1,3H3/b22-15+/t19-,20-,21?,28-/m0/s1. The Hall–Kier alpha value is -2.12. The van der Waals surface area contributed by atoms with E-state index >= 15 is 0 Å². The molecule has 2 N–H and O–H groups in total. The van der Waals surface area contributed by atoms with Gasteiger partial charge in [-0.25, -0.2) is 0 Å². The molecule has 2 aliphatic carbocycles. The number of halogens is 1. The molecule has 0 bridgehead atoms. The molecule has 0 radical (unpaired) electrons. The van der Waals surface area contributed by atoms with Crippen LogP contribution < -0.4 is 0 Å². The second-order valence-electron chi connectivity index (χ2n) is 10.2. The van der Waals surface area contributed by atoms with Crippen molar-refractivity contribution in [1.29, 1.82) is 0 Å². The highest BCUT2D eigenvalue weighted by Gasteiger charge is 2.33. The number of likely N-dealkylation sites (tertiary alicyclic amines) is 1. The fourth-order valence-electron chi connectivity index (χ4n) is 5.12. The lowest BCUT2D eigenvalue weighted by molar-refractivity contribution is -0.0175. The van der Waals surface area contributed by atoms with Gasteiger partial charge in [0.15, 0.2) is 0 Å². The van der Waals surface area contributed by atoms with Crippen LogP contribution in [0.4, 0.5) is 0 Å². The largest absolute Gasteiger partial charge is 0.488 e. The van der Waals surface area contributed by atoms with E-state index in [1.54, 1.807) is 12.2 Å². The molecule has 36 heavy (non-hydrogen) atoms. The van der Waals surface area contributed by atoms with Crippen LogP contribution in [0.15, 0.2) is 58.3 Å². The first kappa shape index (κ1) is 26.9. The van der Waals surface area contributed by atoms with E-state index in [4.69, 9.17) is 20.9 Å². The lowest BCUT2D eigenvalue weighted by atomic mass is 9.84. The molecule has 196 valence electrons. The maximum atomic E-state index is 11.6. The zero-order valence-corrected chi connectivity index (χ0v) is 22.2. The lowest BCUT2D eigenvalue weighted by Gasteiger charge is -2.39. The monoisotopic (exact) mass is 514 g/mol. The summed E-state index contributed by atoms with van der Waals surface area (Å²) in [6.07, 6.45) is 15.4. The summed E-state index contributed by atoms with van der Waals surface area (Å²) in [5, 5.41) is 26.5. The molecular weight excluding hydrogens is 476 g/mol. The van der Waals surface area contributed by atoms with Crippen LogP contribution in [0.2, 0.25) is 0 Å². The van der Waals surface area contributed by atoms with Crippen LogP contribution in [0.5, 0.6) is 0 Å². The average Bonchev–Trinajstić information content (AvgIpc) is 3.29. The maximum Gasteiger partial charge on any atom is 0.150 e. The van der Waals surface area contributed by atoms with Gasteiger partial charge in [0.2, 0.25) is 0 Å². The fraction of sp³-hybridized carbons (Fsp3) is 0.552. The van der Waals surface area contributed by atoms with Gasteiger partial charge in [-0.3, -0.25) is 4.90 Å². The second kappa shape index (κ2) is 12.4. The van der Waals surface area contributed by atoms with Crippen molar-refractivity contribution in [3.8, 4) is 0 Å². The Morgan fingerprint density at radius 1 is 1.31 bits per heavy atom. The van der Waals surface area contributed by atoms with Crippen LogP contribution in [0.3, 0.4) is 0 Å². The normalized spacial score (nSPS) is 25.1. The first-order valence-electron chi connectivity index (χ1n) is 13.2. The number of hydrogen-bond acceptors (Lipinski definition) is 6. The molecule has 2 heterocycles. The summed E-state index contributed by atoms with van der Waals surface area (Å²) in [4.78, 5) is 2.38. The van der Waals surface area contributed by atoms with Gasteiger partial charge in [0, 0.05) is 29.6 Å². The van der Waals surface area contributed by atoms with Crippen molar-refractivity contribution >= 4 is 17.2 Å². The van der Waals surface area contributed by atoms with E-state index in [0.29, 0.717) is 34.9 Å². The zero-order valence-electron chi connectivity index (χ0n) is 21.4. The van der Waals surface area contributed by atoms with Crippen LogP contribution >= 0.6 is 11.6 Å². The molecule has 0 aromatic carbocycles. The summed E-state index contributed by atoms with van der Waals surface area (Å²) < 4.78 is 12.0. The highest BCUT2D eigenvalue weighted by molar-refractivity contribution is 6.37. The van der Waals surface area contributed by atoms with Crippen LogP contribution in [0.25, 0.3) is 5.57 Å². The molecule has 1 fully saturated rings. The van der Waals surface area contributed by atoms with Gasteiger partial charge in [0.1, 0.15) is 23.3 Å². The summed E-state index contributed by atoms with van der Waals surface area (Å²) in [6.45, 7) is 11.1. The third-order valence-electron chi connectivity index (χ3n) is 7.28. The molecule has 7 heteroatoms. The van der Waals surface area contributed by atoms with Crippen LogP contribution in [0, 0.1) is 5.92 Å². The van der Waals surface area contributed by atoms with E-state index in [2.05, 4.69) is 29.6 Å². The molecule has 0 spiro atoms. The van der Waals surface area contributed by atoms with Crippen molar-refractivity contribution in [3.05, 3.63) is 70.8 Å². The SMILES string of the molecule is C=C/C(=C\C[C@H](C)[C@H](O)c1c(C2=CCCC=C2Cl)noc1[C@H]1C=CC(O)CC1)OC1CN(CCC)C1. The fourth-order valence-corrected chi connectivity index (χ4v) is 5.40. The van der Waals surface area contributed by atoms with Crippen molar-refractivity contribution in [2.75, 3.05) is 19.6 Å². The van der Waals surface area contributed by atoms with Gasteiger partial charge in [0.25, 0.3) is 0 Å². The molecule has 1 saturated heterocycles. The van der Waals surface area contributed by atoms with Crippen molar-refractivity contribution in [1.82, 2.24) is 10.1 Å². The van der Waals surface area contributed by atoms with E-state index in [1.807, 2.05) is 25.2 Å². The van der Waals surface area contributed by atoms with E-state index in [9.17, 15) is 10.2 Å². The molecule has 1 aromatic rings. The summed E-state index contributed by atoms with van der Waals surface area (Å²) in [5.41, 5.74) is 2.11. The van der Waals surface area contributed by atoms with E-state index < -0.39 is 12.2 Å². The van der Waals surface area contributed by atoms with Gasteiger partial charge in [-0.05, 0) is 63.1 Å². The van der Waals surface area contributed by atoms with Gasteiger partial charge >= 0.3 is 0 Å². The summed E-state index contributed by atoms with van der Waals surface area (Å²) >= 11 is 6.55. The Morgan fingerprint density at radius 3 is 2.75 bits per heavy atom. The van der Waals surface area contributed by atoms with Crippen LogP contribution in [0.1, 0.15) is 81.4 Å². The number of aliphatic hydroxyl groups excluding tert-OH is 2. The third-order valence-corrected chi connectivity index (χ3v) is 7.63. The molecule has 6 nitrogen and oxygen atoms in total. The first-order valence-corrected chi connectivity index (χ1v) is 13.6. The van der Waals surface area contributed by atoms with Gasteiger partial charge in [0.05, 0.1) is 17.8 Å². The van der Waals surface area contributed by atoms with E-state index in [1.165, 1.54) is 0 Å². The second-order valence-corrected chi connectivity index (χ2v) is 10.6. The number of allylic oxidation sites excluding steroid dienone is 7. The Bertz CT molecular complexity index is 1030. The highest BCUT2D eigenvalue weighted by Crippen LogP contribution is 2.42. The lowest BCUT2D eigenvalue weighted by Crippen LogP contribution is -2.51. The summed E-state index contributed by atoms with van der Waals surface area (Å²) in [5.74, 6) is 1.23. The molecule has 1 unspecified atom stereocenters. The smallest absolute Gasteiger partial charge is 0.150 e. The maximum absolute atomic E-state index is 11.6. The van der Waals surface area contributed by atoms with Gasteiger partial charge < -0.3 is 19.5 Å². The molecular formula is C29H39ClN2O4. The van der Waals surface area contributed by atoms with Crippen molar-refractivity contribution in [3.63, 3.8) is 0 Å². The highest BCUT2D eigenvalue weighted by atomic mass is 35.5. The van der Waals surface area contributed by atoms with Crippen molar-refractivity contribution in [2.45, 2.75) is 76.6 Å². The predicted molar refractivity (Wildman–Crippen MR) is 143 cm³/mol. The van der Waals surface area contributed by atoms with Crippen molar-refractivity contribution in [2.24, 2.45) is 5.92 Å². The molecule has 4 atom stereocenters. The molecule has 1 aromatic heterocycles. The average molecular weight is 515 g/mol. The molecule has 4 rings (SSSR count). The Kier molecular flexibility index (Phi) is 9.29. The van der Waals surface area contributed by atoms with Crippen LogP contribution in [-0.4, -0.2) is 52.1 Å². The topological polar surface area (TPSA) is 79.0 Å². The first-order chi connectivity index (χ1) is 17.4. The Balaban J connectivity index is 1.53. The molecule has 1 aliphatic heterocycles. The quantitative estimate of drug-likeness (QED) is 0.214. The van der Waals surface area contributed by atoms with Crippen LogP contribution in [-0.2, 0) is 4.74 Å². The minimum Gasteiger partial charge on any atom is -0.488 e. The predicted octanol–water partition coefficient (Wildman–Crippen LogP) is 6.01. The number of aliphatic hydroxyl groups is 2.